The molecule has 0 fully saturated rings. The van der Waals surface area contributed by atoms with Crippen LogP contribution in [-0.2, 0) is 20.0 Å². The van der Waals surface area contributed by atoms with Gasteiger partial charge < -0.3 is 4.18 Å². The van der Waals surface area contributed by atoms with Gasteiger partial charge >= 0.3 is 10.1 Å². The van der Waals surface area contributed by atoms with Crippen LogP contribution in [0.25, 0.3) is 11.1 Å². The minimum Gasteiger partial charge on any atom is -0.379 e. The second-order valence-corrected chi connectivity index (χ2v) is 9.74. The molecule has 0 bridgehead atoms. The lowest BCUT2D eigenvalue weighted by molar-refractivity contribution is 0.486. The van der Waals surface area contributed by atoms with Gasteiger partial charge in [-0.25, -0.2) is 8.42 Å². The summed E-state index contributed by atoms with van der Waals surface area (Å²) < 4.78 is 53.3. The fourth-order valence-electron chi connectivity index (χ4n) is 2.48. The molecule has 0 N–H and O–H groups in total. The van der Waals surface area contributed by atoms with Crippen LogP contribution in [0.1, 0.15) is 5.56 Å². The number of hydrogen-bond acceptors (Lipinski definition) is 5. The van der Waals surface area contributed by atoms with Gasteiger partial charge in [-0.1, -0.05) is 48.0 Å². The summed E-state index contributed by atoms with van der Waals surface area (Å²) in [5.74, 6) is 0.149. The third kappa shape index (κ3) is 4.56. The van der Waals surface area contributed by atoms with Crippen LogP contribution in [0.15, 0.2) is 82.6 Å². The van der Waals surface area contributed by atoms with Crippen LogP contribution < -0.4 is 4.18 Å². The smallest absolute Gasteiger partial charge is 0.339 e. The maximum atomic E-state index is 12.5. The predicted molar refractivity (Wildman–Crippen MR) is 104 cm³/mol. The molecule has 0 aromatic heterocycles. The van der Waals surface area contributed by atoms with Crippen molar-refractivity contribution in [1.82, 2.24) is 0 Å². The lowest BCUT2D eigenvalue weighted by atomic mass is 10.0. The van der Waals surface area contributed by atoms with Gasteiger partial charge in [-0.3, -0.25) is 0 Å². The maximum Gasteiger partial charge on any atom is 0.339 e. The molecule has 0 aliphatic heterocycles. The number of benzene rings is 3. The summed E-state index contributed by atoms with van der Waals surface area (Å²) in [6.07, 6.45) is 1.02. The molecule has 140 valence electrons. The molecule has 0 unspecified atom stereocenters. The molecule has 5 nitrogen and oxygen atoms in total. The summed E-state index contributed by atoms with van der Waals surface area (Å²) in [6, 6.07) is 19.7. The van der Waals surface area contributed by atoms with Gasteiger partial charge in [0.1, 0.15) is 10.6 Å². The van der Waals surface area contributed by atoms with Crippen LogP contribution in [0.3, 0.4) is 0 Å². The van der Waals surface area contributed by atoms with Crippen molar-refractivity contribution in [1.29, 1.82) is 0 Å². The number of aryl methyl sites for hydroxylation is 1. The monoisotopic (exact) mass is 402 g/mol. The van der Waals surface area contributed by atoms with E-state index in [2.05, 4.69) is 0 Å². The molecule has 0 aliphatic rings. The largest absolute Gasteiger partial charge is 0.379 e. The van der Waals surface area contributed by atoms with Gasteiger partial charge in [-0.2, -0.15) is 8.42 Å². The number of hydrogen-bond donors (Lipinski definition) is 0. The second-order valence-electron chi connectivity index (χ2n) is 6.17. The highest BCUT2D eigenvalue weighted by Gasteiger charge is 2.19. The Bertz CT molecular complexity index is 1160. The molecular formula is C20H18O5S2. The zero-order valence-electron chi connectivity index (χ0n) is 14.8. The van der Waals surface area contributed by atoms with Crippen molar-refractivity contribution in [3.8, 4) is 16.9 Å². The third-order valence-corrected chi connectivity index (χ3v) is 6.32. The Hall–Kier alpha value is -2.64. The molecule has 27 heavy (non-hydrogen) atoms. The van der Waals surface area contributed by atoms with Crippen LogP contribution in [0.5, 0.6) is 5.75 Å². The summed E-state index contributed by atoms with van der Waals surface area (Å²) in [6.45, 7) is 2.00. The van der Waals surface area contributed by atoms with Crippen LogP contribution in [0.2, 0.25) is 0 Å². The normalized spacial score (nSPS) is 11.9. The first-order valence-electron chi connectivity index (χ1n) is 8.07. The average Bonchev–Trinajstić information content (AvgIpc) is 2.62. The van der Waals surface area contributed by atoms with E-state index in [0.717, 1.165) is 29.0 Å². The van der Waals surface area contributed by atoms with E-state index >= 15 is 0 Å². The van der Waals surface area contributed by atoms with Gasteiger partial charge in [-0.05, 0) is 48.4 Å². The van der Waals surface area contributed by atoms with E-state index in [1.807, 2.05) is 31.2 Å². The van der Waals surface area contributed by atoms with Gasteiger partial charge in [0.2, 0.25) is 0 Å². The Labute approximate surface area is 159 Å². The maximum absolute atomic E-state index is 12.5. The van der Waals surface area contributed by atoms with Crippen molar-refractivity contribution < 1.29 is 21.0 Å². The molecule has 0 atom stereocenters. The van der Waals surface area contributed by atoms with Gasteiger partial charge in [0.15, 0.2) is 9.84 Å². The van der Waals surface area contributed by atoms with E-state index in [0.29, 0.717) is 0 Å². The summed E-state index contributed by atoms with van der Waals surface area (Å²) >= 11 is 0. The first kappa shape index (κ1) is 19.1. The molecule has 0 heterocycles. The fourth-order valence-corrected chi connectivity index (χ4v) is 4.20. The SMILES string of the molecule is Cc1ccc(-c2ccc(OS(=O)(=O)c3cccc(S(C)(=O)=O)c3)cc2)cc1. The van der Waals surface area contributed by atoms with Crippen LogP contribution >= 0.6 is 0 Å². The van der Waals surface area contributed by atoms with Crippen molar-refractivity contribution in [3.05, 3.63) is 78.4 Å². The Morgan fingerprint density at radius 1 is 0.704 bits per heavy atom. The predicted octanol–water partition coefficient (Wildman–Crippen LogP) is 3.83. The second kappa shape index (κ2) is 7.17. The highest BCUT2D eigenvalue weighted by molar-refractivity contribution is 7.90. The van der Waals surface area contributed by atoms with Crippen molar-refractivity contribution in [2.45, 2.75) is 16.7 Å². The van der Waals surface area contributed by atoms with Crippen LogP contribution in [0.4, 0.5) is 0 Å². The molecule has 0 radical (unpaired) electrons. The molecule has 0 spiro atoms. The van der Waals surface area contributed by atoms with Gasteiger partial charge in [0.05, 0.1) is 4.90 Å². The highest BCUT2D eigenvalue weighted by atomic mass is 32.2. The van der Waals surface area contributed by atoms with E-state index in [9.17, 15) is 16.8 Å². The number of rotatable bonds is 5. The Kier molecular flexibility index (Phi) is 5.08. The molecule has 3 rings (SSSR count). The number of sulfone groups is 1. The summed E-state index contributed by atoms with van der Waals surface area (Å²) in [5.41, 5.74) is 3.09. The zero-order chi connectivity index (χ0) is 19.7. The minimum absolute atomic E-state index is 0.0816. The van der Waals surface area contributed by atoms with Gasteiger partial charge in [0.25, 0.3) is 0 Å². The Balaban J connectivity index is 1.85. The van der Waals surface area contributed by atoms with Crippen molar-refractivity contribution in [2.75, 3.05) is 6.26 Å². The standard InChI is InChI=1S/C20H18O5S2/c1-15-6-8-16(9-7-15)17-10-12-18(13-11-17)25-27(23,24)20-5-3-4-19(14-20)26(2,21)22/h3-14H,1-2H3. The highest BCUT2D eigenvalue weighted by Crippen LogP contribution is 2.25. The van der Waals surface area contributed by atoms with E-state index in [-0.39, 0.29) is 15.5 Å². The summed E-state index contributed by atoms with van der Waals surface area (Å²) in [7, 11) is -7.66. The zero-order valence-corrected chi connectivity index (χ0v) is 16.4. The molecule has 0 saturated heterocycles. The molecule has 0 saturated carbocycles. The van der Waals surface area contributed by atoms with E-state index in [1.54, 1.807) is 24.3 Å². The Morgan fingerprint density at radius 2 is 1.22 bits per heavy atom. The van der Waals surface area contributed by atoms with E-state index in [4.69, 9.17) is 4.18 Å². The molecular weight excluding hydrogens is 384 g/mol. The van der Waals surface area contributed by atoms with Crippen LogP contribution in [-0.4, -0.2) is 23.1 Å². The van der Waals surface area contributed by atoms with Gasteiger partial charge in [-0.15, -0.1) is 0 Å². The van der Waals surface area contributed by atoms with Crippen molar-refractivity contribution in [3.63, 3.8) is 0 Å². The molecule has 3 aromatic rings. The van der Waals surface area contributed by atoms with E-state index < -0.39 is 20.0 Å². The van der Waals surface area contributed by atoms with Crippen LogP contribution in [0, 0.1) is 6.92 Å². The first-order valence-corrected chi connectivity index (χ1v) is 11.4. The quantitative estimate of drug-likeness (QED) is 0.606. The topological polar surface area (TPSA) is 77.5 Å². The minimum atomic E-state index is -4.14. The summed E-state index contributed by atoms with van der Waals surface area (Å²) in [5, 5.41) is 0. The average molecular weight is 402 g/mol. The first-order chi connectivity index (χ1) is 12.6. The van der Waals surface area contributed by atoms with E-state index in [1.165, 1.54) is 18.2 Å². The van der Waals surface area contributed by atoms with Crippen molar-refractivity contribution >= 4 is 20.0 Å². The fraction of sp³-hybridized carbons (Fsp3) is 0.100. The molecule has 3 aromatic carbocycles. The third-order valence-electron chi connectivity index (χ3n) is 3.97. The summed E-state index contributed by atoms with van der Waals surface area (Å²) in [4.78, 5) is -0.296. The molecule has 7 heteroatoms. The Morgan fingerprint density at radius 3 is 1.78 bits per heavy atom. The lowest BCUT2D eigenvalue weighted by Gasteiger charge is -2.09. The van der Waals surface area contributed by atoms with Crippen molar-refractivity contribution in [2.24, 2.45) is 0 Å². The molecule has 0 amide bonds. The lowest BCUT2D eigenvalue weighted by Crippen LogP contribution is -2.10. The van der Waals surface area contributed by atoms with Gasteiger partial charge in [0, 0.05) is 6.26 Å². The molecule has 0 aliphatic carbocycles.